The molecule has 1 saturated carbocycles. The molecular weight excluding hydrogens is 260 g/mol. The van der Waals surface area contributed by atoms with E-state index in [9.17, 15) is 4.79 Å². The predicted octanol–water partition coefficient (Wildman–Crippen LogP) is 2.83. The SMILES string of the molecule is Cl.O=C(Nc1ccccc1)[C@@]12CCCC[C@H]1CNC2. The van der Waals surface area contributed by atoms with Gasteiger partial charge in [-0.2, -0.15) is 0 Å². The standard InChI is InChI=1S/C15H20N2O.ClH/c18-14(17-13-7-2-1-3-8-13)15-9-5-4-6-12(15)10-16-11-15;/h1-3,7-8,12,16H,4-6,9-11H2,(H,17,18);1H/t12-,15+;/m0./s1. The Balaban J connectivity index is 0.00000133. The van der Waals surface area contributed by atoms with Gasteiger partial charge >= 0.3 is 0 Å². The third-order valence-corrected chi connectivity index (χ3v) is 4.52. The summed E-state index contributed by atoms with van der Waals surface area (Å²) in [6.07, 6.45) is 4.67. The molecule has 1 aliphatic carbocycles. The van der Waals surface area contributed by atoms with Crippen LogP contribution >= 0.6 is 12.4 Å². The van der Waals surface area contributed by atoms with Crippen molar-refractivity contribution in [3.05, 3.63) is 30.3 Å². The zero-order chi connectivity index (χ0) is 12.4. The lowest BCUT2D eigenvalue weighted by molar-refractivity contribution is -0.128. The molecule has 0 aromatic heterocycles. The molecule has 1 aromatic carbocycles. The Morgan fingerprint density at radius 2 is 2.05 bits per heavy atom. The summed E-state index contributed by atoms with van der Waals surface area (Å²) in [6, 6.07) is 9.79. The first-order valence-electron chi connectivity index (χ1n) is 6.88. The molecule has 104 valence electrons. The van der Waals surface area contributed by atoms with Crippen LogP contribution in [0.2, 0.25) is 0 Å². The Morgan fingerprint density at radius 3 is 2.84 bits per heavy atom. The van der Waals surface area contributed by atoms with Gasteiger partial charge in [0.2, 0.25) is 5.91 Å². The highest BCUT2D eigenvalue weighted by molar-refractivity contribution is 5.96. The molecule has 1 aromatic rings. The molecule has 2 aliphatic rings. The monoisotopic (exact) mass is 280 g/mol. The summed E-state index contributed by atoms with van der Waals surface area (Å²) < 4.78 is 0. The minimum atomic E-state index is -0.159. The largest absolute Gasteiger partial charge is 0.326 e. The molecule has 0 unspecified atom stereocenters. The molecule has 1 heterocycles. The predicted molar refractivity (Wildman–Crippen MR) is 79.6 cm³/mol. The molecule has 3 nitrogen and oxygen atoms in total. The third kappa shape index (κ3) is 2.63. The van der Waals surface area contributed by atoms with Crippen molar-refractivity contribution in [3.8, 4) is 0 Å². The third-order valence-electron chi connectivity index (χ3n) is 4.52. The number of halogens is 1. The fraction of sp³-hybridized carbons (Fsp3) is 0.533. The van der Waals surface area contributed by atoms with Crippen LogP contribution in [0.1, 0.15) is 25.7 Å². The fourth-order valence-corrected chi connectivity index (χ4v) is 3.47. The van der Waals surface area contributed by atoms with Crippen LogP contribution in [-0.2, 0) is 4.79 Å². The number of amides is 1. The van der Waals surface area contributed by atoms with Crippen molar-refractivity contribution in [2.24, 2.45) is 11.3 Å². The van der Waals surface area contributed by atoms with Crippen molar-refractivity contribution in [1.82, 2.24) is 5.32 Å². The maximum atomic E-state index is 12.6. The van der Waals surface area contributed by atoms with E-state index >= 15 is 0 Å². The number of carbonyl (C=O) groups excluding carboxylic acids is 1. The molecule has 2 atom stereocenters. The zero-order valence-electron chi connectivity index (χ0n) is 11.0. The zero-order valence-corrected chi connectivity index (χ0v) is 11.8. The first-order chi connectivity index (χ1) is 8.81. The quantitative estimate of drug-likeness (QED) is 0.875. The Morgan fingerprint density at radius 1 is 1.26 bits per heavy atom. The van der Waals surface area contributed by atoms with E-state index in [1.165, 1.54) is 19.3 Å². The van der Waals surface area contributed by atoms with E-state index in [1.807, 2.05) is 30.3 Å². The summed E-state index contributed by atoms with van der Waals surface area (Å²) >= 11 is 0. The van der Waals surface area contributed by atoms with Crippen LogP contribution in [0, 0.1) is 11.3 Å². The van der Waals surface area contributed by atoms with Gasteiger partial charge in [-0.25, -0.2) is 0 Å². The van der Waals surface area contributed by atoms with Crippen molar-refractivity contribution in [2.45, 2.75) is 25.7 Å². The van der Waals surface area contributed by atoms with E-state index in [2.05, 4.69) is 10.6 Å². The number of rotatable bonds is 2. The van der Waals surface area contributed by atoms with E-state index in [0.717, 1.165) is 25.2 Å². The number of carbonyl (C=O) groups is 1. The number of anilines is 1. The Labute approximate surface area is 120 Å². The van der Waals surface area contributed by atoms with Gasteiger partial charge < -0.3 is 10.6 Å². The summed E-state index contributed by atoms with van der Waals surface area (Å²) in [5.41, 5.74) is 0.752. The highest BCUT2D eigenvalue weighted by Gasteiger charge is 2.49. The van der Waals surface area contributed by atoms with E-state index in [-0.39, 0.29) is 23.7 Å². The summed E-state index contributed by atoms with van der Waals surface area (Å²) in [5.74, 6) is 0.735. The summed E-state index contributed by atoms with van der Waals surface area (Å²) in [4.78, 5) is 12.6. The molecule has 2 fully saturated rings. The van der Waals surface area contributed by atoms with Crippen LogP contribution < -0.4 is 10.6 Å². The van der Waals surface area contributed by atoms with Crippen molar-refractivity contribution in [1.29, 1.82) is 0 Å². The van der Waals surface area contributed by atoms with Crippen LogP contribution in [0.3, 0.4) is 0 Å². The number of hydrogen-bond acceptors (Lipinski definition) is 2. The molecule has 2 N–H and O–H groups in total. The molecule has 1 aliphatic heterocycles. The number of nitrogens with one attached hydrogen (secondary N) is 2. The van der Waals surface area contributed by atoms with Gasteiger partial charge in [0.15, 0.2) is 0 Å². The molecule has 0 radical (unpaired) electrons. The van der Waals surface area contributed by atoms with Gasteiger partial charge in [-0.05, 0) is 37.4 Å². The van der Waals surface area contributed by atoms with Crippen LogP contribution in [0.15, 0.2) is 30.3 Å². The summed E-state index contributed by atoms with van der Waals surface area (Å²) in [7, 11) is 0. The van der Waals surface area contributed by atoms with E-state index in [1.54, 1.807) is 0 Å². The van der Waals surface area contributed by atoms with Crippen LogP contribution in [-0.4, -0.2) is 19.0 Å². The van der Waals surface area contributed by atoms with Crippen LogP contribution in [0.4, 0.5) is 5.69 Å². The lowest BCUT2D eigenvalue weighted by atomic mass is 9.67. The molecule has 1 saturated heterocycles. The normalized spacial score (nSPS) is 29.2. The molecule has 19 heavy (non-hydrogen) atoms. The second kappa shape index (κ2) is 5.93. The number of para-hydroxylation sites is 1. The van der Waals surface area contributed by atoms with Crippen molar-refractivity contribution in [3.63, 3.8) is 0 Å². The van der Waals surface area contributed by atoms with E-state index in [4.69, 9.17) is 0 Å². The van der Waals surface area contributed by atoms with Crippen LogP contribution in [0.5, 0.6) is 0 Å². The van der Waals surface area contributed by atoms with Gasteiger partial charge in [-0.1, -0.05) is 31.0 Å². The van der Waals surface area contributed by atoms with Crippen molar-refractivity contribution in [2.75, 3.05) is 18.4 Å². The minimum absolute atomic E-state index is 0. The molecule has 3 rings (SSSR count). The number of hydrogen-bond donors (Lipinski definition) is 2. The maximum Gasteiger partial charge on any atom is 0.232 e. The van der Waals surface area contributed by atoms with Gasteiger partial charge in [0.25, 0.3) is 0 Å². The summed E-state index contributed by atoms with van der Waals surface area (Å²) in [6.45, 7) is 1.85. The average molecular weight is 281 g/mol. The lowest BCUT2D eigenvalue weighted by Gasteiger charge is -2.37. The van der Waals surface area contributed by atoms with Gasteiger partial charge in [-0.15, -0.1) is 12.4 Å². The second-order valence-electron chi connectivity index (χ2n) is 5.55. The van der Waals surface area contributed by atoms with Gasteiger partial charge in [0.05, 0.1) is 5.41 Å². The van der Waals surface area contributed by atoms with E-state index < -0.39 is 0 Å². The molecule has 4 heteroatoms. The average Bonchev–Trinajstić information content (AvgIpc) is 2.85. The maximum absolute atomic E-state index is 12.6. The Hall–Kier alpha value is -1.06. The van der Waals surface area contributed by atoms with Gasteiger partial charge in [0.1, 0.15) is 0 Å². The first kappa shape index (κ1) is 14.4. The van der Waals surface area contributed by atoms with Gasteiger partial charge in [0, 0.05) is 12.2 Å². The highest BCUT2D eigenvalue weighted by Crippen LogP contribution is 2.44. The molecular formula is C15H21ClN2O. The number of benzene rings is 1. The number of fused-ring (bicyclic) bond motifs is 1. The Kier molecular flexibility index (Phi) is 4.48. The molecule has 0 spiro atoms. The lowest BCUT2D eigenvalue weighted by Crippen LogP contribution is -2.44. The Bertz CT molecular complexity index is 437. The summed E-state index contributed by atoms with van der Waals surface area (Å²) in [5, 5.41) is 6.51. The smallest absolute Gasteiger partial charge is 0.232 e. The topological polar surface area (TPSA) is 41.1 Å². The first-order valence-corrected chi connectivity index (χ1v) is 6.88. The molecule has 1 amide bonds. The minimum Gasteiger partial charge on any atom is -0.326 e. The van der Waals surface area contributed by atoms with Crippen LogP contribution in [0.25, 0.3) is 0 Å². The van der Waals surface area contributed by atoms with Crippen molar-refractivity contribution < 1.29 is 4.79 Å². The highest BCUT2D eigenvalue weighted by atomic mass is 35.5. The van der Waals surface area contributed by atoms with E-state index in [0.29, 0.717) is 5.92 Å². The fourth-order valence-electron chi connectivity index (χ4n) is 3.47. The second-order valence-corrected chi connectivity index (χ2v) is 5.55. The van der Waals surface area contributed by atoms with Crippen molar-refractivity contribution >= 4 is 24.0 Å². The molecule has 0 bridgehead atoms. The van der Waals surface area contributed by atoms with Gasteiger partial charge in [-0.3, -0.25) is 4.79 Å².